The van der Waals surface area contributed by atoms with Crippen molar-refractivity contribution in [2.45, 2.75) is 106 Å². The normalized spacial score (nSPS) is 41.4. The SMILES string of the molecule is C/C(C=O)=C\CCC(C)C1CCC2(C)C3=C(CCC12C)C1(C)CCC(=O)C(C)(C)C1CC3=O. The van der Waals surface area contributed by atoms with Gasteiger partial charge in [-0.3, -0.25) is 14.4 Å². The monoisotopic (exact) mass is 452 g/mol. The molecule has 0 bridgehead atoms. The van der Waals surface area contributed by atoms with Crippen LogP contribution in [0, 0.1) is 39.4 Å². The van der Waals surface area contributed by atoms with Gasteiger partial charge in [0.05, 0.1) is 0 Å². The van der Waals surface area contributed by atoms with Crippen LogP contribution in [-0.4, -0.2) is 17.9 Å². The molecule has 2 fully saturated rings. The maximum atomic E-state index is 13.9. The summed E-state index contributed by atoms with van der Waals surface area (Å²) in [5.41, 5.74) is 3.04. The smallest absolute Gasteiger partial charge is 0.159 e. The molecule has 0 aromatic carbocycles. The molecule has 182 valence electrons. The van der Waals surface area contributed by atoms with Crippen molar-refractivity contribution in [2.75, 3.05) is 0 Å². The molecule has 0 spiro atoms. The molecule has 0 aromatic rings. The topological polar surface area (TPSA) is 51.2 Å². The molecule has 0 amide bonds. The summed E-state index contributed by atoms with van der Waals surface area (Å²) >= 11 is 0. The Labute approximate surface area is 200 Å². The van der Waals surface area contributed by atoms with Crippen LogP contribution in [0.15, 0.2) is 22.8 Å². The second kappa shape index (κ2) is 8.02. The molecule has 0 radical (unpaired) electrons. The highest BCUT2D eigenvalue weighted by atomic mass is 16.1. The number of aldehydes is 1. The Morgan fingerprint density at radius 2 is 1.76 bits per heavy atom. The van der Waals surface area contributed by atoms with E-state index in [1.165, 1.54) is 17.6 Å². The fraction of sp³-hybridized carbons (Fsp3) is 0.767. The number of hydrogen-bond donors (Lipinski definition) is 0. The maximum Gasteiger partial charge on any atom is 0.159 e. The van der Waals surface area contributed by atoms with Crippen molar-refractivity contribution in [3.05, 3.63) is 22.8 Å². The minimum Gasteiger partial charge on any atom is -0.299 e. The Morgan fingerprint density at radius 1 is 1.06 bits per heavy atom. The van der Waals surface area contributed by atoms with Gasteiger partial charge in [0.1, 0.15) is 12.1 Å². The van der Waals surface area contributed by atoms with Gasteiger partial charge in [-0.2, -0.15) is 0 Å². The number of ketones is 2. The van der Waals surface area contributed by atoms with Gasteiger partial charge in [-0.15, -0.1) is 0 Å². The molecule has 2 saturated carbocycles. The third kappa shape index (κ3) is 3.39. The van der Waals surface area contributed by atoms with Gasteiger partial charge < -0.3 is 0 Å². The molecular formula is C30H44O3. The molecule has 0 saturated heterocycles. The van der Waals surface area contributed by atoms with Gasteiger partial charge in [-0.1, -0.05) is 53.2 Å². The summed E-state index contributed by atoms with van der Waals surface area (Å²) < 4.78 is 0. The van der Waals surface area contributed by atoms with Crippen molar-refractivity contribution in [1.29, 1.82) is 0 Å². The standard InChI is InChI=1S/C30H44O3/c1-19(18-31)9-8-10-20(2)21-11-16-30(7)26-22(12-15-29(21,30)6)28(5)14-13-25(33)27(3,4)24(28)17-23(26)32/h9,18,20-21,24H,8,10-17H2,1-7H3/b19-9+. The molecular weight excluding hydrogens is 408 g/mol. The minimum absolute atomic E-state index is 0.0220. The van der Waals surface area contributed by atoms with Crippen LogP contribution in [0.25, 0.3) is 0 Å². The van der Waals surface area contributed by atoms with Crippen LogP contribution in [0.5, 0.6) is 0 Å². The number of rotatable bonds is 5. The number of carbonyl (C=O) groups excluding carboxylic acids is 3. The third-order valence-corrected chi connectivity index (χ3v) is 11.3. The molecule has 33 heavy (non-hydrogen) atoms. The Hall–Kier alpha value is -1.51. The molecule has 3 nitrogen and oxygen atoms in total. The molecule has 4 rings (SSSR count). The number of Topliss-reactive ketones (excluding diaryl/α,β-unsaturated/α-hetero) is 2. The van der Waals surface area contributed by atoms with E-state index in [9.17, 15) is 14.4 Å². The Bertz CT molecular complexity index is 936. The maximum absolute atomic E-state index is 13.9. The summed E-state index contributed by atoms with van der Waals surface area (Å²) in [7, 11) is 0. The quantitative estimate of drug-likeness (QED) is 0.332. The van der Waals surface area contributed by atoms with Crippen LogP contribution in [0.4, 0.5) is 0 Å². The van der Waals surface area contributed by atoms with E-state index < -0.39 is 5.41 Å². The van der Waals surface area contributed by atoms with Crippen LogP contribution in [0.1, 0.15) is 106 Å². The van der Waals surface area contributed by atoms with E-state index >= 15 is 0 Å². The lowest BCUT2D eigenvalue weighted by molar-refractivity contribution is -0.142. The fourth-order valence-corrected chi connectivity index (χ4v) is 8.94. The lowest BCUT2D eigenvalue weighted by atomic mass is 9.43. The van der Waals surface area contributed by atoms with E-state index in [0.29, 0.717) is 36.2 Å². The Kier molecular flexibility index (Phi) is 5.98. The lowest BCUT2D eigenvalue weighted by Crippen LogP contribution is -2.56. The number of carbonyl (C=O) groups is 3. The van der Waals surface area contributed by atoms with Gasteiger partial charge in [-0.05, 0) is 86.0 Å². The highest BCUT2D eigenvalue weighted by molar-refractivity contribution is 6.00. The average Bonchev–Trinajstić information content (AvgIpc) is 3.04. The first-order chi connectivity index (χ1) is 15.3. The molecule has 0 N–H and O–H groups in total. The van der Waals surface area contributed by atoms with Crippen molar-refractivity contribution in [3.8, 4) is 0 Å². The molecule has 0 aliphatic heterocycles. The Morgan fingerprint density at radius 3 is 2.42 bits per heavy atom. The molecule has 0 heterocycles. The second-order valence-corrected chi connectivity index (χ2v) is 13.1. The number of allylic oxidation sites excluding steroid dienone is 4. The first-order valence-electron chi connectivity index (χ1n) is 13.3. The minimum atomic E-state index is -0.414. The van der Waals surface area contributed by atoms with Crippen LogP contribution in [-0.2, 0) is 14.4 Å². The predicted molar refractivity (Wildman–Crippen MR) is 133 cm³/mol. The van der Waals surface area contributed by atoms with E-state index in [4.69, 9.17) is 0 Å². The van der Waals surface area contributed by atoms with E-state index in [-0.39, 0.29) is 22.2 Å². The number of hydrogen-bond acceptors (Lipinski definition) is 3. The van der Waals surface area contributed by atoms with Gasteiger partial charge in [0.2, 0.25) is 0 Å². The van der Waals surface area contributed by atoms with Gasteiger partial charge in [-0.25, -0.2) is 0 Å². The van der Waals surface area contributed by atoms with E-state index in [0.717, 1.165) is 50.4 Å². The van der Waals surface area contributed by atoms with Crippen LogP contribution in [0.2, 0.25) is 0 Å². The zero-order valence-corrected chi connectivity index (χ0v) is 22.0. The average molecular weight is 453 g/mol. The van der Waals surface area contributed by atoms with E-state index in [1.54, 1.807) is 0 Å². The van der Waals surface area contributed by atoms with Crippen molar-refractivity contribution in [3.63, 3.8) is 0 Å². The van der Waals surface area contributed by atoms with Gasteiger partial charge in [0, 0.05) is 29.2 Å². The number of fused-ring (bicyclic) bond motifs is 4. The lowest BCUT2D eigenvalue weighted by Gasteiger charge is -2.60. The van der Waals surface area contributed by atoms with Crippen LogP contribution in [0.3, 0.4) is 0 Å². The zero-order valence-electron chi connectivity index (χ0n) is 22.0. The molecule has 6 atom stereocenters. The summed E-state index contributed by atoms with van der Waals surface area (Å²) in [5, 5.41) is 0. The third-order valence-electron chi connectivity index (χ3n) is 11.3. The zero-order chi connectivity index (χ0) is 24.4. The first kappa shape index (κ1) is 24.6. The van der Waals surface area contributed by atoms with Crippen molar-refractivity contribution >= 4 is 17.9 Å². The molecule has 0 aromatic heterocycles. The molecule has 4 aliphatic carbocycles. The highest BCUT2D eigenvalue weighted by Gasteiger charge is 2.65. The summed E-state index contributed by atoms with van der Waals surface area (Å²) in [6.07, 6.45) is 11.6. The highest BCUT2D eigenvalue weighted by Crippen LogP contribution is 2.71. The van der Waals surface area contributed by atoms with Gasteiger partial charge >= 0.3 is 0 Å². The van der Waals surface area contributed by atoms with E-state index in [1.807, 2.05) is 6.92 Å². The first-order valence-corrected chi connectivity index (χ1v) is 13.3. The summed E-state index contributed by atoms with van der Waals surface area (Å²) in [4.78, 5) is 37.6. The van der Waals surface area contributed by atoms with Crippen molar-refractivity contribution in [1.82, 2.24) is 0 Å². The molecule has 3 heteroatoms. The van der Waals surface area contributed by atoms with Gasteiger partial charge in [0.15, 0.2) is 5.78 Å². The van der Waals surface area contributed by atoms with Crippen molar-refractivity contribution < 1.29 is 14.4 Å². The van der Waals surface area contributed by atoms with E-state index in [2.05, 4.69) is 47.6 Å². The predicted octanol–water partition coefficient (Wildman–Crippen LogP) is 7.05. The van der Waals surface area contributed by atoms with Crippen molar-refractivity contribution in [2.24, 2.45) is 39.4 Å². The fourth-order valence-electron chi connectivity index (χ4n) is 8.94. The summed E-state index contributed by atoms with van der Waals surface area (Å²) in [6.45, 7) is 15.7. The Balaban J connectivity index is 1.68. The summed E-state index contributed by atoms with van der Waals surface area (Å²) in [5.74, 6) is 1.98. The molecule has 4 aliphatic rings. The largest absolute Gasteiger partial charge is 0.299 e. The van der Waals surface area contributed by atoms with Gasteiger partial charge in [0.25, 0.3) is 0 Å². The summed E-state index contributed by atoms with van der Waals surface area (Å²) in [6, 6.07) is 0. The van der Waals surface area contributed by atoms with Crippen LogP contribution < -0.4 is 0 Å². The van der Waals surface area contributed by atoms with Crippen LogP contribution >= 0.6 is 0 Å². The second-order valence-electron chi connectivity index (χ2n) is 13.1. The molecule has 6 unspecified atom stereocenters.